The van der Waals surface area contributed by atoms with Crippen molar-refractivity contribution in [2.75, 3.05) is 16.9 Å². The van der Waals surface area contributed by atoms with Gasteiger partial charge in [0.1, 0.15) is 23.8 Å². The first-order chi connectivity index (χ1) is 10.2. The number of nitrogens with zero attached hydrogens (tertiary/aromatic N) is 3. The minimum absolute atomic E-state index is 0.275. The van der Waals surface area contributed by atoms with E-state index < -0.39 is 0 Å². The van der Waals surface area contributed by atoms with Crippen LogP contribution in [0, 0.1) is 5.82 Å². The minimum Gasteiger partial charge on any atom is -0.324 e. The summed E-state index contributed by atoms with van der Waals surface area (Å²) in [5.41, 5.74) is 3.99. The number of hydrogen-bond acceptors (Lipinski definition) is 5. The molecule has 6 heteroatoms. The predicted molar refractivity (Wildman–Crippen MR) is 82.9 cm³/mol. The normalized spacial score (nSPS) is 10.5. The SMILES string of the molecule is CCCc1c(NN)ncnc1N(CC)c1ccccc1F. The van der Waals surface area contributed by atoms with E-state index in [0.29, 0.717) is 23.9 Å². The molecule has 0 unspecified atom stereocenters. The number of rotatable bonds is 6. The van der Waals surface area contributed by atoms with Gasteiger partial charge >= 0.3 is 0 Å². The van der Waals surface area contributed by atoms with Crippen molar-refractivity contribution >= 4 is 17.3 Å². The average Bonchev–Trinajstić information content (AvgIpc) is 2.51. The fourth-order valence-electron chi connectivity index (χ4n) is 2.35. The van der Waals surface area contributed by atoms with Gasteiger partial charge in [0.25, 0.3) is 0 Å². The number of aromatic nitrogens is 2. The lowest BCUT2D eigenvalue weighted by Gasteiger charge is -2.25. The van der Waals surface area contributed by atoms with Crippen molar-refractivity contribution < 1.29 is 4.39 Å². The second-order valence-corrected chi connectivity index (χ2v) is 4.61. The van der Waals surface area contributed by atoms with Gasteiger partial charge in [-0.2, -0.15) is 0 Å². The number of halogens is 1. The van der Waals surface area contributed by atoms with Crippen LogP contribution in [0.1, 0.15) is 25.8 Å². The standard InChI is InChI=1S/C15H20FN5/c1-3-7-11-14(20-17)18-10-19-15(11)21(4-2)13-9-6-5-8-12(13)16/h5-6,8-10H,3-4,7,17H2,1-2H3,(H,18,19,20). The van der Waals surface area contributed by atoms with Crippen molar-refractivity contribution in [1.82, 2.24) is 9.97 Å². The molecule has 1 aromatic carbocycles. The molecular weight excluding hydrogens is 269 g/mol. The number of hydrazine groups is 1. The number of anilines is 3. The Bertz CT molecular complexity index is 602. The lowest BCUT2D eigenvalue weighted by atomic mass is 10.1. The topological polar surface area (TPSA) is 67.1 Å². The Morgan fingerprint density at radius 2 is 2.00 bits per heavy atom. The summed E-state index contributed by atoms with van der Waals surface area (Å²) in [6.45, 7) is 4.62. The maximum Gasteiger partial charge on any atom is 0.148 e. The first kappa shape index (κ1) is 15.2. The number of para-hydroxylation sites is 1. The third-order valence-electron chi connectivity index (χ3n) is 3.27. The molecule has 1 aromatic heterocycles. The van der Waals surface area contributed by atoms with E-state index in [-0.39, 0.29) is 5.82 Å². The van der Waals surface area contributed by atoms with Gasteiger partial charge in [0.15, 0.2) is 0 Å². The van der Waals surface area contributed by atoms with Crippen molar-refractivity contribution in [1.29, 1.82) is 0 Å². The quantitative estimate of drug-likeness (QED) is 0.632. The van der Waals surface area contributed by atoms with Crippen LogP contribution in [-0.4, -0.2) is 16.5 Å². The molecule has 0 fully saturated rings. The highest BCUT2D eigenvalue weighted by Crippen LogP contribution is 2.31. The average molecular weight is 289 g/mol. The fourth-order valence-corrected chi connectivity index (χ4v) is 2.35. The van der Waals surface area contributed by atoms with E-state index in [1.807, 2.05) is 17.9 Å². The lowest BCUT2D eigenvalue weighted by Crippen LogP contribution is -2.22. The maximum atomic E-state index is 14.1. The number of benzene rings is 1. The van der Waals surface area contributed by atoms with Crippen molar-refractivity contribution in [3.63, 3.8) is 0 Å². The zero-order chi connectivity index (χ0) is 15.2. The second-order valence-electron chi connectivity index (χ2n) is 4.61. The Kier molecular flexibility index (Phi) is 5.05. The van der Waals surface area contributed by atoms with Crippen molar-refractivity contribution in [3.8, 4) is 0 Å². The Hall–Kier alpha value is -2.21. The molecule has 1 heterocycles. The fraction of sp³-hybridized carbons (Fsp3) is 0.333. The molecule has 21 heavy (non-hydrogen) atoms. The van der Waals surface area contributed by atoms with Crippen LogP contribution in [0.25, 0.3) is 0 Å². The van der Waals surface area contributed by atoms with Crippen LogP contribution in [0.15, 0.2) is 30.6 Å². The van der Waals surface area contributed by atoms with Gasteiger partial charge in [-0.1, -0.05) is 25.5 Å². The summed E-state index contributed by atoms with van der Waals surface area (Å²) in [6.07, 6.45) is 3.12. The van der Waals surface area contributed by atoms with Crippen molar-refractivity contribution in [2.24, 2.45) is 5.84 Å². The van der Waals surface area contributed by atoms with Crippen LogP contribution < -0.4 is 16.2 Å². The van der Waals surface area contributed by atoms with Crippen molar-refractivity contribution in [3.05, 3.63) is 42.0 Å². The van der Waals surface area contributed by atoms with Gasteiger partial charge in [-0.3, -0.25) is 0 Å². The summed E-state index contributed by atoms with van der Waals surface area (Å²) in [5, 5.41) is 0. The molecule has 0 aliphatic carbocycles. The molecule has 0 saturated heterocycles. The molecule has 2 aromatic rings. The zero-order valence-electron chi connectivity index (χ0n) is 12.3. The van der Waals surface area contributed by atoms with Crippen molar-refractivity contribution in [2.45, 2.75) is 26.7 Å². The van der Waals surface area contributed by atoms with Crippen LogP contribution in [0.5, 0.6) is 0 Å². The van der Waals surface area contributed by atoms with E-state index in [1.54, 1.807) is 12.1 Å². The molecule has 3 N–H and O–H groups in total. The third-order valence-corrected chi connectivity index (χ3v) is 3.27. The molecule has 0 bridgehead atoms. The number of nitrogens with two attached hydrogens (primary N) is 1. The minimum atomic E-state index is -0.275. The molecule has 0 radical (unpaired) electrons. The summed E-state index contributed by atoms with van der Waals surface area (Å²) >= 11 is 0. The number of nitrogen functional groups attached to an aromatic ring is 1. The highest BCUT2D eigenvalue weighted by molar-refractivity contribution is 5.67. The van der Waals surface area contributed by atoms with Gasteiger partial charge in [-0.05, 0) is 25.5 Å². The molecule has 0 aliphatic heterocycles. The summed E-state index contributed by atoms with van der Waals surface area (Å²) in [5.74, 6) is 6.52. The number of nitrogens with one attached hydrogen (secondary N) is 1. The summed E-state index contributed by atoms with van der Waals surface area (Å²) in [6, 6.07) is 6.67. The van der Waals surface area contributed by atoms with E-state index in [2.05, 4.69) is 22.3 Å². The van der Waals surface area contributed by atoms with Crippen LogP contribution in [0.2, 0.25) is 0 Å². The van der Waals surface area contributed by atoms with E-state index in [1.165, 1.54) is 12.4 Å². The first-order valence-corrected chi connectivity index (χ1v) is 7.05. The molecule has 112 valence electrons. The summed E-state index contributed by atoms with van der Waals surface area (Å²) < 4.78 is 14.1. The Morgan fingerprint density at radius 3 is 2.62 bits per heavy atom. The van der Waals surface area contributed by atoms with Gasteiger partial charge in [0.2, 0.25) is 0 Å². The van der Waals surface area contributed by atoms with Gasteiger partial charge < -0.3 is 10.3 Å². The summed E-state index contributed by atoms with van der Waals surface area (Å²) in [7, 11) is 0. The lowest BCUT2D eigenvalue weighted by molar-refractivity contribution is 0.625. The first-order valence-electron chi connectivity index (χ1n) is 7.05. The van der Waals surface area contributed by atoms with E-state index in [4.69, 9.17) is 5.84 Å². The monoisotopic (exact) mass is 289 g/mol. The Labute approximate surface area is 124 Å². The van der Waals surface area contributed by atoms with Crippen LogP contribution >= 0.6 is 0 Å². The highest BCUT2D eigenvalue weighted by Gasteiger charge is 2.19. The Morgan fingerprint density at radius 1 is 1.24 bits per heavy atom. The zero-order valence-corrected chi connectivity index (χ0v) is 12.3. The molecule has 2 rings (SSSR count). The third kappa shape index (κ3) is 3.11. The van der Waals surface area contributed by atoms with E-state index >= 15 is 0 Å². The van der Waals surface area contributed by atoms with E-state index in [9.17, 15) is 4.39 Å². The van der Waals surface area contributed by atoms with Crippen LogP contribution in [0.3, 0.4) is 0 Å². The molecule has 0 amide bonds. The maximum absolute atomic E-state index is 14.1. The molecular formula is C15H20FN5. The van der Waals surface area contributed by atoms with E-state index in [0.717, 1.165) is 18.4 Å². The molecule has 0 spiro atoms. The largest absolute Gasteiger partial charge is 0.324 e. The van der Waals surface area contributed by atoms with Crippen LogP contribution in [-0.2, 0) is 6.42 Å². The van der Waals surface area contributed by atoms with Gasteiger partial charge in [0, 0.05) is 12.1 Å². The summed E-state index contributed by atoms with van der Waals surface area (Å²) in [4.78, 5) is 10.3. The molecule has 0 saturated carbocycles. The predicted octanol–water partition coefficient (Wildman–Crippen LogP) is 3.01. The molecule has 0 atom stereocenters. The molecule has 5 nitrogen and oxygen atoms in total. The van der Waals surface area contributed by atoms with Gasteiger partial charge in [-0.15, -0.1) is 0 Å². The van der Waals surface area contributed by atoms with Gasteiger partial charge in [0.05, 0.1) is 5.69 Å². The smallest absolute Gasteiger partial charge is 0.148 e. The van der Waals surface area contributed by atoms with Crippen LogP contribution in [0.4, 0.5) is 21.7 Å². The number of hydrogen-bond donors (Lipinski definition) is 2. The Balaban J connectivity index is 2.55. The molecule has 0 aliphatic rings. The highest BCUT2D eigenvalue weighted by atomic mass is 19.1. The van der Waals surface area contributed by atoms with Gasteiger partial charge in [-0.25, -0.2) is 20.2 Å². The second kappa shape index (κ2) is 6.99.